The van der Waals surface area contributed by atoms with Crippen LogP contribution in [0.15, 0.2) is 12.3 Å². The van der Waals surface area contributed by atoms with Crippen molar-refractivity contribution < 1.29 is 13.2 Å². The van der Waals surface area contributed by atoms with Gasteiger partial charge in [-0.05, 0) is 11.6 Å². The first-order chi connectivity index (χ1) is 5.95. The predicted octanol–water partition coefficient (Wildman–Crippen LogP) is 2.58. The maximum atomic E-state index is 12.1. The van der Waals surface area contributed by atoms with Crippen LogP contribution in [-0.2, 0) is 11.5 Å². The minimum absolute atomic E-state index is 0.255. The Labute approximate surface area is 81.1 Å². The molecule has 0 saturated heterocycles. The molecule has 0 atom stereocenters. The highest BCUT2D eigenvalue weighted by Gasteiger charge is 2.32. The van der Waals surface area contributed by atoms with Crippen molar-refractivity contribution in [1.82, 2.24) is 4.98 Å². The first kappa shape index (κ1) is 10.3. The van der Waals surface area contributed by atoms with Crippen molar-refractivity contribution in [1.29, 1.82) is 0 Å². The second-order valence-electron chi connectivity index (χ2n) is 2.40. The van der Waals surface area contributed by atoms with E-state index in [1.807, 2.05) is 0 Å². The molecule has 1 heterocycles. The summed E-state index contributed by atoms with van der Waals surface area (Å²) in [5, 5.41) is 0.282. The van der Waals surface area contributed by atoms with E-state index in [9.17, 15) is 13.2 Å². The van der Waals surface area contributed by atoms with Gasteiger partial charge in [-0.2, -0.15) is 13.2 Å². The van der Waals surface area contributed by atoms with Gasteiger partial charge in [0.05, 0.1) is 11.9 Å². The average Bonchev–Trinajstić information content (AvgIpc) is 2.03. The van der Waals surface area contributed by atoms with E-state index in [0.29, 0.717) is 5.56 Å². The number of hydrogen-bond acceptors (Lipinski definition) is 2. The monoisotopic (exact) mass is 254 g/mol. The van der Waals surface area contributed by atoms with Crippen LogP contribution in [0.25, 0.3) is 0 Å². The van der Waals surface area contributed by atoms with E-state index in [2.05, 4.69) is 20.9 Å². The van der Waals surface area contributed by atoms with Crippen molar-refractivity contribution in [3.8, 4) is 0 Å². The molecule has 1 aromatic rings. The quantitative estimate of drug-likeness (QED) is 0.783. The Kier molecular flexibility index (Phi) is 2.80. The van der Waals surface area contributed by atoms with E-state index in [1.165, 1.54) is 0 Å². The molecule has 72 valence electrons. The number of nitrogen functional groups attached to an aromatic ring is 1. The lowest BCUT2D eigenvalue weighted by Gasteiger charge is -2.07. The molecule has 0 aliphatic heterocycles. The lowest BCUT2D eigenvalue weighted by molar-refractivity contribution is -0.141. The van der Waals surface area contributed by atoms with Crippen LogP contribution in [-0.4, -0.2) is 4.98 Å². The average molecular weight is 255 g/mol. The molecule has 0 fully saturated rings. The third kappa shape index (κ3) is 2.33. The standard InChI is InChI=1S/C7H6BrF3N2/c8-2-4-1-6(7(9,10)11)13-3-5(4)12/h1,3H,2,12H2. The molecule has 0 bridgehead atoms. The van der Waals surface area contributed by atoms with Crippen molar-refractivity contribution in [3.05, 3.63) is 23.5 Å². The molecular weight excluding hydrogens is 249 g/mol. The summed E-state index contributed by atoms with van der Waals surface area (Å²) in [6, 6.07) is 0.935. The van der Waals surface area contributed by atoms with E-state index in [0.717, 1.165) is 12.3 Å². The second kappa shape index (κ2) is 3.53. The number of anilines is 1. The number of nitrogens with zero attached hydrogens (tertiary/aromatic N) is 1. The van der Waals surface area contributed by atoms with Gasteiger partial charge in [0.2, 0.25) is 0 Å². The van der Waals surface area contributed by atoms with Gasteiger partial charge in [-0.25, -0.2) is 4.98 Å². The molecular formula is C7H6BrF3N2. The van der Waals surface area contributed by atoms with Gasteiger partial charge in [-0.1, -0.05) is 15.9 Å². The first-order valence-electron chi connectivity index (χ1n) is 3.32. The number of nitrogens with two attached hydrogens (primary N) is 1. The van der Waals surface area contributed by atoms with Gasteiger partial charge in [-0.15, -0.1) is 0 Å². The third-order valence-electron chi connectivity index (χ3n) is 1.46. The SMILES string of the molecule is Nc1cnc(C(F)(F)F)cc1CBr. The summed E-state index contributed by atoms with van der Waals surface area (Å²) in [5.41, 5.74) is 5.11. The summed E-state index contributed by atoms with van der Waals surface area (Å²) in [4.78, 5) is 3.19. The van der Waals surface area contributed by atoms with E-state index < -0.39 is 11.9 Å². The maximum Gasteiger partial charge on any atom is 0.433 e. The zero-order valence-electron chi connectivity index (χ0n) is 6.40. The zero-order valence-corrected chi connectivity index (χ0v) is 7.98. The number of pyridine rings is 1. The number of hydrogen-bond donors (Lipinski definition) is 1. The largest absolute Gasteiger partial charge is 0.433 e. The highest BCUT2D eigenvalue weighted by Crippen LogP contribution is 2.29. The minimum atomic E-state index is -4.41. The van der Waals surface area contributed by atoms with Gasteiger partial charge in [0.1, 0.15) is 5.69 Å². The number of aromatic nitrogens is 1. The molecule has 2 nitrogen and oxygen atoms in total. The Hall–Kier alpha value is -0.780. The molecule has 6 heteroatoms. The van der Waals surface area contributed by atoms with Gasteiger partial charge < -0.3 is 5.73 Å². The van der Waals surface area contributed by atoms with Crippen molar-refractivity contribution in [2.45, 2.75) is 11.5 Å². The molecule has 0 amide bonds. The fourth-order valence-electron chi connectivity index (χ4n) is 0.778. The highest BCUT2D eigenvalue weighted by molar-refractivity contribution is 9.08. The lowest BCUT2D eigenvalue weighted by atomic mass is 10.2. The molecule has 0 unspecified atom stereocenters. The fourth-order valence-corrected chi connectivity index (χ4v) is 1.26. The first-order valence-corrected chi connectivity index (χ1v) is 4.45. The Balaban J connectivity index is 3.14. The molecule has 0 spiro atoms. The summed E-state index contributed by atoms with van der Waals surface area (Å²) in [7, 11) is 0. The molecule has 0 aliphatic rings. The summed E-state index contributed by atoms with van der Waals surface area (Å²) >= 11 is 3.03. The van der Waals surface area contributed by atoms with Crippen LogP contribution >= 0.6 is 15.9 Å². The molecule has 0 saturated carbocycles. The number of alkyl halides is 4. The van der Waals surface area contributed by atoms with Gasteiger partial charge in [0.15, 0.2) is 0 Å². The topological polar surface area (TPSA) is 38.9 Å². The van der Waals surface area contributed by atoms with E-state index in [4.69, 9.17) is 5.73 Å². The number of rotatable bonds is 1. The Morgan fingerprint density at radius 2 is 2.08 bits per heavy atom. The summed E-state index contributed by atoms with van der Waals surface area (Å²) in [5.74, 6) is 0. The minimum Gasteiger partial charge on any atom is -0.397 e. The Morgan fingerprint density at radius 1 is 1.46 bits per heavy atom. The zero-order chi connectivity index (χ0) is 10.1. The van der Waals surface area contributed by atoms with Gasteiger partial charge in [0, 0.05) is 5.33 Å². The van der Waals surface area contributed by atoms with Gasteiger partial charge in [0.25, 0.3) is 0 Å². The molecule has 13 heavy (non-hydrogen) atoms. The van der Waals surface area contributed by atoms with Crippen molar-refractivity contribution in [2.75, 3.05) is 5.73 Å². The van der Waals surface area contributed by atoms with Gasteiger partial charge in [-0.3, -0.25) is 0 Å². The van der Waals surface area contributed by atoms with Crippen LogP contribution < -0.4 is 5.73 Å². The van der Waals surface area contributed by atoms with Crippen molar-refractivity contribution >= 4 is 21.6 Å². The van der Waals surface area contributed by atoms with Crippen LogP contribution in [0.1, 0.15) is 11.3 Å². The van der Waals surface area contributed by atoms with E-state index in [1.54, 1.807) is 0 Å². The van der Waals surface area contributed by atoms with Crippen LogP contribution in [0.5, 0.6) is 0 Å². The highest BCUT2D eigenvalue weighted by atomic mass is 79.9. The molecule has 2 N–H and O–H groups in total. The third-order valence-corrected chi connectivity index (χ3v) is 2.06. The van der Waals surface area contributed by atoms with E-state index >= 15 is 0 Å². The second-order valence-corrected chi connectivity index (χ2v) is 2.96. The summed E-state index contributed by atoms with van der Waals surface area (Å²) in [6.45, 7) is 0. The summed E-state index contributed by atoms with van der Waals surface area (Å²) < 4.78 is 36.4. The van der Waals surface area contributed by atoms with Crippen LogP contribution in [0.4, 0.5) is 18.9 Å². The molecule has 1 rings (SSSR count). The normalized spacial score (nSPS) is 11.7. The van der Waals surface area contributed by atoms with Crippen molar-refractivity contribution in [2.24, 2.45) is 0 Å². The maximum absolute atomic E-state index is 12.1. The van der Waals surface area contributed by atoms with Crippen LogP contribution in [0, 0.1) is 0 Å². The van der Waals surface area contributed by atoms with Gasteiger partial charge >= 0.3 is 6.18 Å². The van der Waals surface area contributed by atoms with E-state index in [-0.39, 0.29) is 11.0 Å². The number of halogens is 4. The smallest absolute Gasteiger partial charge is 0.397 e. The van der Waals surface area contributed by atoms with Crippen LogP contribution in [0.3, 0.4) is 0 Å². The fraction of sp³-hybridized carbons (Fsp3) is 0.286. The summed E-state index contributed by atoms with van der Waals surface area (Å²) in [6.07, 6.45) is -3.40. The Bertz CT molecular complexity index is 311. The van der Waals surface area contributed by atoms with Crippen LogP contribution in [0.2, 0.25) is 0 Å². The molecule has 0 aliphatic carbocycles. The predicted molar refractivity (Wildman–Crippen MR) is 46.3 cm³/mol. The lowest BCUT2D eigenvalue weighted by Crippen LogP contribution is -2.09. The molecule has 0 radical (unpaired) electrons. The molecule has 1 aromatic heterocycles. The Morgan fingerprint density at radius 3 is 2.54 bits per heavy atom. The molecule has 0 aromatic carbocycles. The van der Waals surface area contributed by atoms with Crippen molar-refractivity contribution in [3.63, 3.8) is 0 Å².